The monoisotopic (exact) mass is 437 g/mol. The molecule has 4 heteroatoms. The van der Waals surface area contributed by atoms with Crippen molar-refractivity contribution >= 4 is 5.91 Å². The van der Waals surface area contributed by atoms with Crippen LogP contribution in [0, 0.1) is 6.92 Å². The number of nitrogens with zero attached hydrogens (tertiary/aromatic N) is 2. The number of rotatable bonds is 7. The highest BCUT2D eigenvalue weighted by atomic mass is 16.1. The Bertz CT molecular complexity index is 1210. The van der Waals surface area contributed by atoms with E-state index in [0.717, 1.165) is 28.9 Å². The Labute approximate surface area is 196 Å². The molecule has 1 N–H and O–H groups in total. The van der Waals surface area contributed by atoms with Gasteiger partial charge in [-0.05, 0) is 42.5 Å². The Balaban J connectivity index is 1.72. The standard InChI is InChI=1S/C29H31N3O/c1-5-26(23-18-16-22(17-19-23)20(2)3)30-29(33)27-21(4)32(25-14-10-7-11-15-25)31-28(27)24-12-8-6-9-13-24/h6-20,26H,5H2,1-4H3,(H,30,33). The maximum absolute atomic E-state index is 13.7. The molecule has 0 radical (unpaired) electrons. The van der Waals surface area contributed by atoms with E-state index in [1.54, 1.807) is 0 Å². The summed E-state index contributed by atoms with van der Waals surface area (Å²) in [6.07, 6.45) is 0.805. The molecule has 0 aliphatic carbocycles. The molecule has 1 heterocycles. The summed E-state index contributed by atoms with van der Waals surface area (Å²) in [6.45, 7) is 8.43. The van der Waals surface area contributed by atoms with Crippen molar-refractivity contribution in [2.24, 2.45) is 0 Å². The van der Waals surface area contributed by atoms with Crippen LogP contribution in [0.1, 0.15) is 66.3 Å². The Kier molecular flexibility index (Phi) is 6.74. The topological polar surface area (TPSA) is 46.9 Å². The molecular formula is C29H31N3O. The number of hydrogen-bond donors (Lipinski definition) is 1. The van der Waals surface area contributed by atoms with Crippen LogP contribution in [0.2, 0.25) is 0 Å². The zero-order chi connectivity index (χ0) is 23.4. The lowest BCUT2D eigenvalue weighted by Gasteiger charge is -2.19. The van der Waals surface area contributed by atoms with E-state index in [2.05, 4.69) is 50.4 Å². The zero-order valence-corrected chi connectivity index (χ0v) is 19.7. The van der Waals surface area contributed by atoms with Gasteiger partial charge < -0.3 is 5.32 Å². The van der Waals surface area contributed by atoms with Gasteiger partial charge in [-0.1, -0.05) is 93.6 Å². The fraction of sp³-hybridized carbons (Fsp3) is 0.241. The molecule has 1 amide bonds. The zero-order valence-electron chi connectivity index (χ0n) is 19.7. The van der Waals surface area contributed by atoms with Gasteiger partial charge in [-0.15, -0.1) is 0 Å². The van der Waals surface area contributed by atoms with Crippen molar-refractivity contribution in [3.63, 3.8) is 0 Å². The minimum atomic E-state index is -0.103. The minimum absolute atomic E-state index is 0.0678. The summed E-state index contributed by atoms with van der Waals surface area (Å²) >= 11 is 0. The van der Waals surface area contributed by atoms with Crippen molar-refractivity contribution in [2.45, 2.75) is 46.1 Å². The fourth-order valence-corrected chi connectivity index (χ4v) is 4.16. The summed E-state index contributed by atoms with van der Waals surface area (Å²) in [5.41, 5.74) is 6.40. The SMILES string of the molecule is CCC(NC(=O)c1c(-c2ccccc2)nn(-c2ccccc2)c1C)c1ccc(C(C)C)cc1. The first kappa shape index (κ1) is 22.5. The van der Waals surface area contributed by atoms with E-state index >= 15 is 0 Å². The van der Waals surface area contributed by atoms with Gasteiger partial charge in [0.1, 0.15) is 5.69 Å². The molecule has 4 rings (SSSR count). The lowest BCUT2D eigenvalue weighted by atomic mass is 9.97. The van der Waals surface area contributed by atoms with Crippen LogP contribution in [0.5, 0.6) is 0 Å². The molecular weight excluding hydrogens is 406 g/mol. The van der Waals surface area contributed by atoms with E-state index < -0.39 is 0 Å². The molecule has 4 nitrogen and oxygen atoms in total. The highest BCUT2D eigenvalue weighted by molar-refractivity contribution is 6.01. The second-order valence-electron chi connectivity index (χ2n) is 8.68. The first-order valence-corrected chi connectivity index (χ1v) is 11.6. The van der Waals surface area contributed by atoms with Crippen LogP contribution in [-0.4, -0.2) is 15.7 Å². The number of carbonyl (C=O) groups excluding carboxylic acids is 1. The average Bonchev–Trinajstić information content (AvgIpc) is 3.20. The minimum Gasteiger partial charge on any atom is -0.345 e. The van der Waals surface area contributed by atoms with Gasteiger partial charge in [0.05, 0.1) is 23.0 Å². The van der Waals surface area contributed by atoms with Gasteiger partial charge in [0.15, 0.2) is 0 Å². The Morgan fingerprint density at radius 3 is 2.03 bits per heavy atom. The van der Waals surface area contributed by atoms with E-state index in [1.165, 1.54) is 5.56 Å². The van der Waals surface area contributed by atoms with Crippen molar-refractivity contribution in [2.75, 3.05) is 0 Å². The molecule has 33 heavy (non-hydrogen) atoms. The molecule has 0 aliphatic rings. The van der Waals surface area contributed by atoms with Crippen LogP contribution in [0.3, 0.4) is 0 Å². The van der Waals surface area contributed by atoms with Crippen LogP contribution in [0.4, 0.5) is 0 Å². The summed E-state index contributed by atoms with van der Waals surface area (Å²) in [4.78, 5) is 13.7. The third-order valence-corrected chi connectivity index (χ3v) is 6.11. The van der Waals surface area contributed by atoms with E-state index in [4.69, 9.17) is 5.10 Å². The molecule has 4 aromatic rings. The largest absolute Gasteiger partial charge is 0.345 e. The van der Waals surface area contributed by atoms with E-state index in [1.807, 2.05) is 72.3 Å². The van der Waals surface area contributed by atoms with Gasteiger partial charge in [0, 0.05) is 5.56 Å². The molecule has 0 spiro atoms. The lowest BCUT2D eigenvalue weighted by molar-refractivity contribution is 0.0935. The summed E-state index contributed by atoms with van der Waals surface area (Å²) in [5.74, 6) is 0.377. The predicted octanol–water partition coefficient (Wildman–Crippen LogP) is 6.85. The summed E-state index contributed by atoms with van der Waals surface area (Å²) in [5, 5.41) is 8.14. The van der Waals surface area contributed by atoms with Gasteiger partial charge in [0.2, 0.25) is 0 Å². The summed E-state index contributed by atoms with van der Waals surface area (Å²) in [7, 11) is 0. The second-order valence-corrected chi connectivity index (χ2v) is 8.68. The molecule has 0 saturated heterocycles. The van der Waals surface area contributed by atoms with Crippen molar-refractivity contribution < 1.29 is 4.79 Å². The number of benzene rings is 3. The third kappa shape index (κ3) is 4.75. The normalized spacial score (nSPS) is 12.0. The maximum atomic E-state index is 13.7. The van der Waals surface area contributed by atoms with Crippen LogP contribution in [0.15, 0.2) is 84.9 Å². The van der Waals surface area contributed by atoms with Crippen molar-refractivity contribution in [3.8, 4) is 16.9 Å². The molecule has 0 aliphatic heterocycles. The number of para-hydroxylation sites is 1. The van der Waals surface area contributed by atoms with E-state index in [-0.39, 0.29) is 11.9 Å². The number of nitrogens with one attached hydrogen (secondary N) is 1. The van der Waals surface area contributed by atoms with Crippen LogP contribution in [0.25, 0.3) is 16.9 Å². The van der Waals surface area contributed by atoms with Crippen LogP contribution < -0.4 is 5.32 Å². The van der Waals surface area contributed by atoms with Crippen molar-refractivity contribution in [3.05, 3.63) is 107 Å². The van der Waals surface area contributed by atoms with Crippen LogP contribution in [-0.2, 0) is 0 Å². The average molecular weight is 438 g/mol. The molecule has 1 aromatic heterocycles. The van der Waals surface area contributed by atoms with E-state index in [0.29, 0.717) is 17.2 Å². The fourth-order valence-electron chi connectivity index (χ4n) is 4.16. The molecule has 1 unspecified atom stereocenters. The summed E-state index contributed by atoms with van der Waals surface area (Å²) in [6, 6.07) is 28.3. The van der Waals surface area contributed by atoms with Gasteiger partial charge in [0.25, 0.3) is 5.91 Å². The Morgan fingerprint density at radius 2 is 1.45 bits per heavy atom. The molecule has 0 fully saturated rings. The van der Waals surface area contributed by atoms with Crippen molar-refractivity contribution in [1.29, 1.82) is 0 Å². The maximum Gasteiger partial charge on any atom is 0.255 e. The predicted molar refractivity (Wildman–Crippen MR) is 135 cm³/mol. The van der Waals surface area contributed by atoms with Gasteiger partial charge >= 0.3 is 0 Å². The van der Waals surface area contributed by atoms with Crippen molar-refractivity contribution in [1.82, 2.24) is 15.1 Å². The summed E-state index contributed by atoms with van der Waals surface area (Å²) < 4.78 is 1.86. The first-order chi connectivity index (χ1) is 16.0. The highest BCUT2D eigenvalue weighted by Crippen LogP contribution is 2.29. The second kappa shape index (κ2) is 9.86. The molecule has 1 atom stereocenters. The van der Waals surface area contributed by atoms with E-state index in [9.17, 15) is 4.79 Å². The molecule has 0 saturated carbocycles. The number of amides is 1. The van der Waals surface area contributed by atoms with Gasteiger partial charge in [-0.2, -0.15) is 5.10 Å². The molecule has 0 bridgehead atoms. The number of aromatic nitrogens is 2. The Morgan fingerprint density at radius 1 is 0.879 bits per heavy atom. The Hall–Kier alpha value is -3.66. The molecule has 3 aromatic carbocycles. The smallest absolute Gasteiger partial charge is 0.255 e. The molecule has 168 valence electrons. The van der Waals surface area contributed by atoms with Gasteiger partial charge in [-0.25, -0.2) is 4.68 Å². The number of carbonyl (C=O) groups is 1. The number of hydrogen-bond acceptors (Lipinski definition) is 2. The first-order valence-electron chi connectivity index (χ1n) is 11.6. The quantitative estimate of drug-likeness (QED) is 0.344. The third-order valence-electron chi connectivity index (χ3n) is 6.11. The van der Waals surface area contributed by atoms with Crippen LogP contribution >= 0.6 is 0 Å². The lowest BCUT2D eigenvalue weighted by Crippen LogP contribution is -2.29. The highest BCUT2D eigenvalue weighted by Gasteiger charge is 2.25. The van der Waals surface area contributed by atoms with Gasteiger partial charge in [-0.3, -0.25) is 4.79 Å².